The Morgan fingerprint density at radius 1 is 0.652 bits per heavy atom. The molecule has 0 heterocycles. The van der Waals surface area contributed by atoms with Crippen molar-refractivity contribution >= 4 is 100 Å². The van der Waals surface area contributed by atoms with E-state index in [-0.39, 0.29) is 202 Å². The zero-order valence-corrected chi connectivity index (χ0v) is 50.5. The molecule has 1 radical (unpaired) electrons. The second-order valence-electron chi connectivity index (χ2n) is 11.1. The first kappa shape index (κ1) is 76.7. The third-order valence-corrected chi connectivity index (χ3v) is 10.5. The number of methoxy groups -OCH3 is 3. The Labute approximate surface area is 496 Å². The molecule has 4 aromatic rings. The summed E-state index contributed by atoms with van der Waals surface area (Å²) in [6.07, 6.45) is 0. The van der Waals surface area contributed by atoms with E-state index in [1.807, 2.05) is 0 Å². The Hall–Kier alpha value is -1.17. The van der Waals surface area contributed by atoms with Gasteiger partial charge >= 0.3 is 129 Å². The van der Waals surface area contributed by atoms with E-state index in [0.29, 0.717) is 0 Å². The predicted octanol–water partition coefficient (Wildman–Crippen LogP) is -9.94. The molecule has 0 bridgehead atoms. The molecule has 0 aliphatic rings. The monoisotopic (exact) mass is 1180 g/mol. The summed E-state index contributed by atoms with van der Waals surface area (Å²) in [6.45, 7) is 6.80. The average molecular weight is 1180 g/mol. The fraction of sp³-hybridized carbons (Fsp3) is 0.200. The zero-order chi connectivity index (χ0) is 49.6. The molecule has 69 heavy (non-hydrogen) atoms. The summed E-state index contributed by atoms with van der Waals surface area (Å²) in [7, 11) is -21.7. The number of ether oxygens (including phenoxy) is 3. The smallest absolute Gasteiger partial charge is 0.747 e. The maximum absolute atomic E-state index is 12.6. The molecule has 28 nitrogen and oxygen atoms in total. The van der Waals surface area contributed by atoms with Crippen LogP contribution >= 0.6 is 0 Å². The molecule has 0 atom stereocenters. The van der Waals surface area contributed by atoms with Crippen LogP contribution in [-0.2, 0) is 78.3 Å². The van der Waals surface area contributed by atoms with Crippen molar-refractivity contribution in [1.82, 2.24) is 0 Å². The van der Waals surface area contributed by atoms with Gasteiger partial charge in [0, 0.05) is 52.8 Å². The molecular formula is C30H31CuN5Na4O23S6-2. The summed E-state index contributed by atoms with van der Waals surface area (Å²) in [4.78, 5) is -0.510. The molecule has 4 aromatic carbocycles. The van der Waals surface area contributed by atoms with Crippen LogP contribution in [0.15, 0.2) is 72.7 Å². The van der Waals surface area contributed by atoms with Gasteiger partial charge < -0.3 is 57.2 Å². The molecule has 367 valence electrons. The molecular weight excluding hydrogens is 1150 g/mol. The molecule has 0 saturated heterocycles. The predicted molar refractivity (Wildman–Crippen MR) is 214 cm³/mol. The van der Waals surface area contributed by atoms with E-state index in [9.17, 15) is 40.0 Å². The number of phenols is 2. The standard InChI is InChI=1S/C30H30N5O12S3.Cu.4Na.2H2O4S.O3S/c1-6-48(38,39)27-14-23(36)21(12-25(27)46-4)33-32-20-11-8-17-18(30(20)37)9-10-19(31-16-50(42,43)44)29(17)35-34-22-13-26(47-5)28(15-24(22)45-3)49(40,41)7-2;;;;;;2*1-5(2,3)4;1-4(2)3/h8-10,12-15,31,36-37H,1-2,6-7,16H2,3-5H3,(H,42,43,44);;;;;;2*(H2,1,2,3,4);/q-3;;4*+1;;;/p-3. The van der Waals surface area contributed by atoms with Crippen molar-refractivity contribution in [3.63, 3.8) is 0 Å². The topological polar surface area (TPSA) is 461 Å². The number of rotatable bonds is 14. The van der Waals surface area contributed by atoms with Gasteiger partial charge in [-0.25, -0.2) is 42.1 Å². The molecule has 0 aliphatic carbocycles. The zero-order valence-electron chi connectivity index (χ0n) is 36.7. The van der Waals surface area contributed by atoms with Crippen molar-refractivity contribution in [2.75, 3.05) is 44.0 Å². The van der Waals surface area contributed by atoms with Gasteiger partial charge in [0.1, 0.15) is 60.2 Å². The minimum absolute atomic E-state index is 0. The second-order valence-corrected chi connectivity index (χ2v) is 18.7. The van der Waals surface area contributed by atoms with E-state index in [2.05, 4.69) is 45.7 Å². The fourth-order valence-electron chi connectivity index (χ4n) is 4.41. The van der Waals surface area contributed by atoms with E-state index in [1.165, 1.54) is 51.7 Å². The first-order valence-electron chi connectivity index (χ1n) is 15.8. The Morgan fingerprint density at radius 3 is 1.46 bits per heavy atom. The van der Waals surface area contributed by atoms with Gasteiger partial charge in [-0.1, -0.05) is 28.3 Å². The number of aromatic hydroxyl groups is 2. The van der Waals surface area contributed by atoms with E-state index in [0.717, 1.165) is 12.1 Å². The molecule has 0 unspecified atom stereocenters. The number of hydrogen-bond donors (Lipinski definition) is 5. The number of azo groups is 2. The van der Waals surface area contributed by atoms with Crippen molar-refractivity contribution < 1.29 is 237 Å². The van der Waals surface area contributed by atoms with E-state index >= 15 is 0 Å². The Morgan fingerprint density at radius 2 is 1.06 bits per heavy atom. The van der Waals surface area contributed by atoms with Gasteiger partial charge in [-0.05, 0) is 6.07 Å². The van der Waals surface area contributed by atoms with Crippen molar-refractivity contribution in [2.45, 2.75) is 9.79 Å². The van der Waals surface area contributed by atoms with Gasteiger partial charge in [0.15, 0.2) is 19.7 Å². The van der Waals surface area contributed by atoms with Gasteiger partial charge in [0.2, 0.25) is 20.8 Å². The summed E-state index contributed by atoms with van der Waals surface area (Å²) in [6, 6.07) is 11.2. The van der Waals surface area contributed by atoms with Crippen LogP contribution in [0.4, 0.5) is 28.4 Å². The molecule has 0 aromatic heterocycles. The summed E-state index contributed by atoms with van der Waals surface area (Å²) in [5, 5.41) is 40.5. The Kier molecular flexibility index (Phi) is 37.4. The van der Waals surface area contributed by atoms with Crippen molar-refractivity contribution in [1.29, 1.82) is 0 Å². The first-order chi connectivity index (χ1) is 29.2. The maximum Gasteiger partial charge on any atom is 1.00 e. The SMILES string of the molecule is O=S(=O)([O-])O.O=S(=O)([O-])O.O=S(=O)=O.[CH2-]CS(=O)(=O)c1cc(O)c(N=Nc2[c-]cc3c(N=Nc4cc(OC)c(S(=O)(=O)C[CH2-])cc4OC)c(NCS(=O)(=O)[O-])ccc3c2O)cc1OC.[Cu].[Na+].[Na+].[Na+].[Na+]. The molecule has 39 heteroatoms. The van der Waals surface area contributed by atoms with Gasteiger partial charge in [0.25, 0.3) is 0 Å². The minimum Gasteiger partial charge on any atom is -0.747 e. The van der Waals surface area contributed by atoms with E-state index < -0.39 is 90.1 Å². The van der Waals surface area contributed by atoms with Crippen molar-refractivity contribution in [2.24, 2.45) is 20.5 Å². The van der Waals surface area contributed by atoms with Crippen LogP contribution in [0.25, 0.3) is 10.8 Å². The van der Waals surface area contributed by atoms with Gasteiger partial charge in [-0.2, -0.15) is 22.4 Å². The number of nitrogens with one attached hydrogen (secondary N) is 1. The van der Waals surface area contributed by atoms with Crippen LogP contribution in [-0.4, -0.2) is 126 Å². The van der Waals surface area contributed by atoms with Crippen LogP contribution in [0.2, 0.25) is 0 Å². The third kappa shape index (κ3) is 27.6. The van der Waals surface area contributed by atoms with Crippen LogP contribution < -0.4 is 138 Å². The number of phenolic OH excluding ortho intramolecular Hbond substituents is 2. The first-order valence-corrected chi connectivity index (χ1v) is 24.4. The summed E-state index contributed by atoms with van der Waals surface area (Å²) < 4.78 is 191. The van der Waals surface area contributed by atoms with Crippen molar-refractivity contribution in [3.05, 3.63) is 62.4 Å². The van der Waals surface area contributed by atoms with Crippen LogP contribution in [0.1, 0.15) is 0 Å². The van der Waals surface area contributed by atoms with Gasteiger partial charge in [0.05, 0.1) is 32.7 Å². The van der Waals surface area contributed by atoms with Crippen LogP contribution in [0.5, 0.6) is 28.7 Å². The van der Waals surface area contributed by atoms with Crippen LogP contribution in [0.3, 0.4) is 0 Å². The summed E-state index contributed by atoms with van der Waals surface area (Å²) >= 11 is 0. The fourth-order valence-corrected chi connectivity index (χ4v) is 6.66. The van der Waals surface area contributed by atoms with Crippen molar-refractivity contribution in [3.8, 4) is 28.7 Å². The van der Waals surface area contributed by atoms with E-state index in [4.69, 9.17) is 61.9 Å². The Bertz CT molecular complexity index is 3070. The second kappa shape index (κ2) is 33.6. The quantitative estimate of drug-likeness (QED) is 0.0257. The largest absolute Gasteiger partial charge is 1.00 e. The minimum atomic E-state index is -4.92. The Balaban J connectivity index is -0.000000632. The number of sulfone groups is 2. The average Bonchev–Trinajstić information content (AvgIpc) is 3.17. The molecule has 0 saturated carbocycles. The molecule has 4 rings (SSSR count). The number of fused-ring (bicyclic) bond motifs is 1. The van der Waals surface area contributed by atoms with Gasteiger partial charge in [-0.15, -0.1) is 22.9 Å². The summed E-state index contributed by atoms with van der Waals surface area (Å²) in [5.74, 6) is -3.27. The normalized spacial score (nSPS) is 11.1. The van der Waals surface area contributed by atoms with Crippen LogP contribution in [0, 0.1) is 19.9 Å². The molecule has 0 fully saturated rings. The van der Waals surface area contributed by atoms with E-state index in [1.54, 1.807) is 0 Å². The molecule has 0 amide bonds. The number of nitrogens with zero attached hydrogens (tertiary/aromatic N) is 4. The molecule has 5 N–H and O–H groups in total. The number of anilines is 1. The number of benzene rings is 4. The molecule has 0 spiro atoms. The maximum atomic E-state index is 12.6. The van der Waals surface area contributed by atoms with Gasteiger partial charge in [-0.3, -0.25) is 9.11 Å². The number of hydrogen-bond acceptors (Lipinski definition) is 26. The molecule has 0 aliphatic heterocycles. The summed E-state index contributed by atoms with van der Waals surface area (Å²) in [5.41, 5.74) is -0.524. The third-order valence-electron chi connectivity index (χ3n) is 6.94.